The first-order chi connectivity index (χ1) is 13.0. The first-order valence-electron chi connectivity index (χ1n) is 8.77. The lowest BCUT2D eigenvalue weighted by Crippen LogP contribution is -2.20. The normalized spacial score (nSPS) is 10.8. The number of thiazole rings is 1. The number of fused-ring (bicyclic) bond motifs is 1. The van der Waals surface area contributed by atoms with E-state index >= 15 is 0 Å². The lowest BCUT2D eigenvalue weighted by molar-refractivity contribution is -0.118. The molecule has 0 bridgehead atoms. The number of aryl methyl sites for hydroxylation is 1. The topological polar surface area (TPSA) is 60.5 Å². The van der Waals surface area contributed by atoms with Crippen LogP contribution in [-0.2, 0) is 4.79 Å². The third-order valence-corrected chi connectivity index (χ3v) is 5.37. The molecule has 0 saturated carbocycles. The largest absolute Gasteiger partial charge is 0.494 e. The van der Waals surface area contributed by atoms with Gasteiger partial charge in [-0.3, -0.25) is 10.1 Å². The standard InChI is InChI=1S/C20H21BrN2O3S/c1-3-4-9-25-14-6-7-16-18(11-14)27-20(22-16)23-19(24)12-26-17-8-5-13(2)10-15(17)21/h5-8,10-11H,3-4,9,12H2,1-2H3,(H,22,23,24). The molecule has 0 radical (unpaired) electrons. The molecule has 1 aromatic heterocycles. The highest BCUT2D eigenvalue weighted by atomic mass is 79.9. The molecular weight excluding hydrogens is 428 g/mol. The fourth-order valence-electron chi connectivity index (χ4n) is 2.40. The van der Waals surface area contributed by atoms with E-state index in [9.17, 15) is 4.79 Å². The van der Waals surface area contributed by atoms with Gasteiger partial charge in [-0.25, -0.2) is 4.98 Å². The minimum absolute atomic E-state index is 0.0804. The van der Waals surface area contributed by atoms with E-state index in [1.165, 1.54) is 11.3 Å². The lowest BCUT2D eigenvalue weighted by Gasteiger charge is -2.08. The Labute approximate surface area is 170 Å². The number of hydrogen-bond acceptors (Lipinski definition) is 5. The molecule has 142 valence electrons. The summed E-state index contributed by atoms with van der Waals surface area (Å²) in [6.45, 7) is 4.75. The lowest BCUT2D eigenvalue weighted by atomic mass is 10.2. The number of carbonyl (C=O) groups excluding carboxylic acids is 1. The summed E-state index contributed by atoms with van der Waals surface area (Å²) in [5, 5.41) is 3.34. The van der Waals surface area contributed by atoms with E-state index in [0.29, 0.717) is 17.5 Å². The minimum atomic E-state index is -0.249. The summed E-state index contributed by atoms with van der Waals surface area (Å²) in [5.74, 6) is 1.21. The van der Waals surface area contributed by atoms with Gasteiger partial charge >= 0.3 is 0 Å². The number of anilines is 1. The Balaban J connectivity index is 1.59. The number of nitrogens with one attached hydrogen (secondary N) is 1. The number of carbonyl (C=O) groups is 1. The van der Waals surface area contributed by atoms with Crippen LogP contribution in [0.5, 0.6) is 11.5 Å². The molecule has 2 aromatic carbocycles. The number of ether oxygens (including phenoxy) is 2. The zero-order valence-electron chi connectivity index (χ0n) is 15.3. The monoisotopic (exact) mass is 448 g/mol. The van der Waals surface area contributed by atoms with E-state index in [0.717, 1.165) is 38.8 Å². The van der Waals surface area contributed by atoms with E-state index in [4.69, 9.17) is 9.47 Å². The van der Waals surface area contributed by atoms with E-state index in [-0.39, 0.29) is 12.5 Å². The van der Waals surface area contributed by atoms with Crippen LogP contribution in [0.3, 0.4) is 0 Å². The van der Waals surface area contributed by atoms with Gasteiger partial charge in [-0.15, -0.1) is 0 Å². The van der Waals surface area contributed by atoms with Crippen LogP contribution in [0.15, 0.2) is 40.9 Å². The molecule has 0 saturated heterocycles. The van der Waals surface area contributed by atoms with E-state index < -0.39 is 0 Å². The first-order valence-corrected chi connectivity index (χ1v) is 10.4. The van der Waals surface area contributed by atoms with E-state index in [1.54, 1.807) is 0 Å². The summed E-state index contributed by atoms with van der Waals surface area (Å²) >= 11 is 4.86. The van der Waals surface area contributed by atoms with Crippen LogP contribution >= 0.6 is 27.3 Å². The Bertz CT molecular complexity index is 942. The van der Waals surface area contributed by atoms with Crippen molar-refractivity contribution in [1.82, 2.24) is 4.98 Å². The predicted octanol–water partition coefficient (Wildman–Crippen LogP) is 5.56. The fraction of sp³-hybridized carbons (Fsp3) is 0.300. The average molecular weight is 449 g/mol. The number of amides is 1. The summed E-state index contributed by atoms with van der Waals surface area (Å²) in [5.41, 5.74) is 1.95. The predicted molar refractivity (Wildman–Crippen MR) is 113 cm³/mol. The van der Waals surface area contributed by atoms with Crippen molar-refractivity contribution in [2.24, 2.45) is 0 Å². The molecule has 3 rings (SSSR count). The molecule has 5 nitrogen and oxygen atoms in total. The van der Waals surface area contributed by atoms with Gasteiger partial charge in [0.05, 0.1) is 21.3 Å². The molecule has 0 aliphatic rings. The van der Waals surface area contributed by atoms with Crippen LogP contribution in [-0.4, -0.2) is 24.1 Å². The van der Waals surface area contributed by atoms with Crippen LogP contribution in [0.2, 0.25) is 0 Å². The maximum absolute atomic E-state index is 12.2. The molecule has 1 amide bonds. The highest BCUT2D eigenvalue weighted by molar-refractivity contribution is 9.10. The first kappa shape index (κ1) is 19.6. The van der Waals surface area contributed by atoms with Crippen molar-refractivity contribution in [2.75, 3.05) is 18.5 Å². The van der Waals surface area contributed by atoms with Crippen molar-refractivity contribution < 1.29 is 14.3 Å². The summed E-state index contributed by atoms with van der Waals surface area (Å²) in [4.78, 5) is 16.6. The van der Waals surface area contributed by atoms with Gasteiger partial charge in [0.25, 0.3) is 5.91 Å². The van der Waals surface area contributed by atoms with Gasteiger partial charge in [0.2, 0.25) is 0 Å². The number of rotatable bonds is 8. The van der Waals surface area contributed by atoms with Gasteiger partial charge in [0.1, 0.15) is 11.5 Å². The molecule has 7 heteroatoms. The van der Waals surface area contributed by atoms with Crippen LogP contribution in [0.25, 0.3) is 10.2 Å². The molecule has 0 atom stereocenters. The van der Waals surface area contributed by atoms with Crippen LogP contribution in [0, 0.1) is 6.92 Å². The molecular formula is C20H21BrN2O3S. The number of nitrogens with zero attached hydrogens (tertiary/aromatic N) is 1. The molecule has 0 spiro atoms. The zero-order valence-corrected chi connectivity index (χ0v) is 17.7. The molecule has 27 heavy (non-hydrogen) atoms. The Morgan fingerprint density at radius 2 is 2.07 bits per heavy atom. The molecule has 0 fully saturated rings. The Morgan fingerprint density at radius 1 is 1.22 bits per heavy atom. The summed E-state index contributed by atoms with van der Waals surface area (Å²) in [7, 11) is 0. The third kappa shape index (κ3) is 5.43. The second-order valence-electron chi connectivity index (χ2n) is 6.12. The number of benzene rings is 2. The molecule has 1 N–H and O–H groups in total. The maximum atomic E-state index is 12.2. The molecule has 3 aromatic rings. The van der Waals surface area contributed by atoms with Crippen LogP contribution in [0.4, 0.5) is 5.13 Å². The van der Waals surface area contributed by atoms with Crippen molar-refractivity contribution in [3.8, 4) is 11.5 Å². The van der Waals surface area contributed by atoms with Gasteiger partial charge in [-0.05, 0) is 65.2 Å². The number of halogens is 1. The third-order valence-electron chi connectivity index (χ3n) is 3.82. The zero-order chi connectivity index (χ0) is 19.2. The van der Waals surface area contributed by atoms with Crippen molar-refractivity contribution in [1.29, 1.82) is 0 Å². The van der Waals surface area contributed by atoms with Crippen molar-refractivity contribution in [3.05, 3.63) is 46.4 Å². The quantitative estimate of drug-likeness (QED) is 0.457. The molecule has 0 unspecified atom stereocenters. The second-order valence-corrected chi connectivity index (χ2v) is 8.01. The second kappa shape index (κ2) is 9.19. The molecule has 0 aliphatic carbocycles. The smallest absolute Gasteiger partial charge is 0.264 e. The number of hydrogen-bond donors (Lipinski definition) is 1. The summed E-state index contributed by atoms with van der Waals surface area (Å²) in [6, 6.07) is 11.5. The van der Waals surface area contributed by atoms with E-state index in [2.05, 4.69) is 33.2 Å². The van der Waals surface area contributed by atoms with Gasteiger partial charge in [-0.2, -0.15) is 0 Å². The van der Waals surface area contributed by atoms with Gasteiger partial charge < -0.3 is 9.47 Å². The molecule has 1 heterocycles. The molecule has 0 aliphatic heterocycles. The highest BCUT2D eigenvalue weighted by Crippen LogP contribution is 2.29. The highest BCUT2D eigenvalue weighted by Gasteiger charge is 2.10. The fourth-order valence-corrected chi connectivity index (χ4v) is 3.92. The van der Waals surface area contributed by atoms with Gasteiger partial charge in [-0.1, -0.05) is 30.7 Å². The average Bonchev–Trinajstić information content (AvgIpc) is 3.02. The van der Waals surface area contributed by atoms with Gasteiger partial charge in [0.15, 0.2) is 11.7 Å². The van der Waals surface area contributed by atoms with Gasteiger partial charge in [0, 0.05) is 0 Å². The van der Waals surface area contributed by atoms with Crippen molar-refractivity contribution in [2.45, 2.75) is 26.7 Å². The Kier molecular flexibility index (Phi) is 6.68. The summed E-state index contributed by atoms with van der Waals surface area (Å²) < 4.78 is 13.1. The Hall–Kier alpha value is -2.12. The van der Waals surface area contributed by atoms with Crippen LogP contribution in [0.1, 0.15) is 25.3 Å². The van der Waals surface area contributed by atoms with Crippen LogP contribution < -0.4 is 14.8 Å². The minimum Gasteiger partial charge on any atom is -0.494 e. The number of aromatic nitrogens is 1. The Morgan fingerprint density at radius 3 is 2.85 bits per heavy atom. The number of unbranched alkanes of at least 4 members (excludes halogenated alkanes) is 1. The summed E-state index contributed by atoms with van der Waals surface area (Å²) in [6.07, 6.45) is 2.12. The van der Waals surface area contributed by atoms with Crippen molar-refractivity contribution in [3.63, 3.8) is 0 Å². The van der Waals surface area contributed by atoms with Crippen molar-refractivity contribution >= 4 is 48.5 Å². The SMILES string of the molecule is CCCCOc1ccc2nc(NC(=O)COc3ccc(C)cc3Br)sc2c1. The van der Waals surface area contributed by atoms with E-state index in [1.807, 2.05) is 43.3 Å². The maximum Gasteiger partial charge on any atom is 0.264 e.